The van der Waals surface area contributed by atoms with Crippen LogP contribution in [0.15, 0.2) is 28.1 Å². The molecule has 0 bridgehead atoms. The van der Waals surface area contributed by atoms with Gasteiger partial charge in [0.25, 0.3) is 5.91 Å². The van der Waals surface area contributed by atoms with Crippen molar-refractivity contribution in [2.45, 2.75) is 20.8 Å². The van der Waals surface area contributed by atoms with E-state index < -0.39 is 0 Å². The van der Waals surface area contributed by atoms with Gasteiger partial charge in [-0.2, -0.15) is 0 Å². The average molecular weight is 334 g/mol. The monoisotopic (exact) mass is 334 g/mol. The Morgan fingerprint density at radius 3 is 2.65 bits per heavy atom. The number of hydrogen-bond donors (Lipinski definition) is 0. The third-order valence-corrected chi connectivity index (χ3v) is 4.33. The summed E-state index contributed by atoms with van der Waals surface area (Å²) in [7, 11) is 1.61. The maximum Gasteiger partial charge on any atom is 0.266 e. The van der Waals surface area contributed by atoms with Crippen molar-refractivity contribution < 1.29 is 14.3 Å². The van der Waals surface area contributed by atoms with E-state index >= 15 is 0 Å². The Hall–Kier alpha value is -1.95. The maximum atomic E-state index is 12.5. The fourth-order valence-corrected chi connectivity index (χ4v) is 3.35. The largest absolute Gasteiger partial charge is 0.493 e. The molecule has 1 heterocycles. The van der Waals surface area contributed by atoms with Crippen molar-refractivity contribution in [2.75, 3.05) is 26.8 Å². The summed E-state index contributed by atoms with van der Waals surface area (Å²) < 4.78 is 10.9. The summed E-state index contributed by atoms with van der Waals surface area (Å²) in [5.41, 5.74) is 0.902. The minimum Gasteiger partial charge on any atom is -0.493 e. The average Bonchev–Trinajstić information content (AvgIpc) is 2.83. The predicted molar refractivity (Wildman–Crippen MR) is 95.1 cm³/mol. The highest BCUT2D eigenvalue weighted by Crippen LogP contribution is 2.34. The molecule has 1 aromatic carbocycles. The molecule has 1 amide bonds. The van der Waals surface area contributed by atoms with Gasteiger partial charge in [0.2, 0.25) is 0 Å². The van der Waals surface area contributed by atoms with E-state index in [9.17, 15) is 4.79 Å². The molecule has 23 heavy (non-hydrogen) atoms. The molecule has 1 aliphatic rings. The molecule has 1 saturated heterocycles. The summed E-state index contributed by atoms with van der Waals surface area (Å²) in [4.78, 5) is 19.2. The van der Waals surface area contributed by atoms with Gasteiger partial charge in [0.15, 0.2) is 16.7 Å². The molecular formula is C17H22N2O3S. The van der Waals surface area contributed by atoms with E-state index in [2.05, 4.69) is 4.99 Å². The number of amidine groups is 1. The minimum absolute atomic E-state index is 0.00141. The zero-order valence-electron chi connectivity index (χ0n) is 14.0. The third kappa shape index (κ3) is 3.88. The highest BCUT2D eigenvalue weighted by molar-refractivity contribution is 8.18. The number of nitrogens with zero attached hydrogens (tertiary/aromatic N) is 2. The summed E-state index contributed by atoms with van der Waals surface area (Å²) in [5, 5.41) is 0.768. The molecular weight excluding hydrogens is 312 g/mol. The Morgan fingerprint density at radius 2 is 2.04 bits per heavy atom. The van der Waals surface area contributed by atoms with Crippen molar-refractivity contribution in [3.8, 4) is 11.5 Å². The van der Waals surface area contributed by atoms with Gasteiger partial charge in [-0.1, -0.05) is 6.07 Å². The standard InChI is InChI=1S/C17H22N2O3S/c1-5-18-17-19(6-2)16(20)15(23-17)11-12-8-9-13(21-4)14(10-12)22-7-3/h8-11H,5-7H2,1-4H3/b15-11+,18-17?. The number of likely N-dealkylation sites (N-methyl/N-ethyl adjacent to an activating group) is 1. The fourth-order valence-electron chi connectivity index (χ4n) is 2.24. The van der Waals surface area contributed by atoms with Crippen molar-refractivity contribution in [1.29, 1.82) is 0 Å². The first-order chi connectivity index (χ1) is 11.1. The van der Waals surface area contributed by atoms with Crippen molar-refractivity contribution in [1.82, 2.24) is 4.90 Å². The molecule has 0 aromatic heterocycles. The number of carbonyl (C=O) groups is 1. The molecule has 5 nitrogen and oxygen atoms in total. The van der Waals surface area contributed by atoms with E-state index in [1.807, 2.05) is 45.0 Å². The number of ether oxygens (including phenoxy) is 2. The molecule has 0 radical (unpaired) electrons. The molecule has 1 aromatic rings. The second-order valence-corrected chi connectivity index (χ2v) is 5.77. The number of hydrogen-bond acceptors (Lipinski definition) is 5. The lowest BCUT2D eigenvalue weighted by atomic mass is 10.2. The Balaban J connectivity index is 2.33. The second-order valence-electron chi connectivity index (χ2n) is 4.76. The third-order valence-electron chi connectivity index (χ3n) is 3.28. The van der Waals surface area contributed by atoms with Crippen LogP contribution >= 0.6 is 11.8 Å². The van der Waals surface area contributed by atoms with Crippen LogP contribution in [-0.4, -0.2) is 42.8 Å². The normalized spacial score (nSPS) is 18.1. The van der Waals surface area contributed by atoms with Gasteiger partial charge in [-0.15, -0.1) is 0 Å². The van der Waals surface area contributed by atoms with E-state index in [4.69, 9.17) is 9.47 Å². The van der Waals surface area contributed by atoms with Crippen molar-refractivity contribution in [3.63, 3.8) is 0 Å². The van der Waals surface area contributed by atoms with Crippen LogP contribution in [0.3, 0.4) is 0 Å². The van der Waals surface area contributed by atoms with Crippen LogP contribution in [0.1, 0.15) is 26.3 Å². The molecule has 0 aliphatic carbocycles. The highest BCUT2D eigenvalue weighted by atomic mass is 32.2. The van der Waals surface area contributed by atoms with E-state index in [0.717, 1.165) is 10.7 Å². The molecule has 0 atom stereocenters. The molecule has 0 spiro atoms. The summed E-state index contributed by atoms with van der Waals surface area (Å²) in [6, 6.07) is 5.64. The number of methoxy groups -OCH3 is 1. The molecule has 6 heteroatoms. The van der Waals surface area contributed by atoms with Crippen molar-refractivity contribution >= 4 is 28.9 Å². The highest BCUT2D eigenvalue weighted by Gasteiger charge is 2.31. The first kappa shape index (κ1) is 17.4. The summed E-state index contributed by atoms with van der Waals surface area (Å²) >= 11 is 1.42. The van der Waals surface area contributed by atoms with E-state index in [1.54, 1.807) is 12.0 Å². The van der Waals surface area contributed by atoms with Gasteiger partial charge in [-0.25, -0.2) is 0 Å². The molecule has 0 N–H and O–H groups in total. The fraction of sp³-hybridized carbons (Fsp3) is 0.412. The Labute approximate surface area is 141 Å². The van der Waals surface area contributed by atoms with Gasteiger partial charge in [0.1, 0.15) is 0 Å². The number of rotatable bonds is 6. The van der Waals surface area contributed by atoms with Gasteiger partial charge in [-0.3, -0.25) is 14.7 Å². The first-order valence-electron chi connectivity index (χ1n) is 7.71. The lowest BCUT2D eigenvalue weighted by Crippen LogP contribution is -2.28. The van der Waals surface area contributed by atoms with Gasteiger partial charge >= 0.3 is 0 Å². The topological polar surface area (TPSA) is 51.1 Å². The first-order valence-corrected chi connectivity index (χ1v) is 8.52. The van der Waals surface area contributed by atoms with Crippen molar-refractivity contribution in [2.24, 2.45) is 4.99 Å². The van der Waals surface area contributed by atoms with Crippen LogP contribution in [0, 0.1) is 0 Å². The number of aliphatic imine (C=N–C) groups is 1. The Morgan fingerprint density at radius 1 is 1.26 bits per heavy atom. The van der Waals surface area contributed by atoms with Crippen LogP contribution in [0.4, 0.5) is 0 Å². The number of amides is 1. The molecule has 1 aliphatic heterocycles. The SMILES string of the molecule is CCN=C1S/C(=C/c2ccc(OC)c(OCC)c2)C(=O)N1CC. The van der Waals surface area contributed by atoms with Gasteiger partial charge in [0, 0.05) is 13.1 Å². The quantitative estimate of drug-likeness (QED) is 0.748. The van der Waals surface area contributed by atoms with Crippen molar-refractivity contribution in [3.05, 3.63) is 28.7 Å². The number of thioether (sulfide) groups is 1. The Kier molecular flexibility index (Phi) is 6.10. The van der Waals surface area contributed by atoms with Crippen LogP contribution < -0.4 is 9.47 Å². The Bertz CT molecular complexity index is 641. The van der Waals surface area contributed by atoms with Crippen LogP contribution in [0.5, 0.6) is 11.5 Å². The second kappa shape index (κ2) is 8.06. The van der Waals surface area contributed by atoms with E-state index in [0.29, 0.717) is 36.1 Å². The smallest absolute Gasteiger partial charge is 0.266 e. The van der Waals surface area contributed by atoms with Gasteiger partial charge in [0.05, 0.1) is 18.6 Å². The zero-order chi connectivity index (χ0) is 16.8. The molecule has 1 fully saturated rings. The number of carbonyl (C=O) groups excluding carboxylic acids is 1. The van der Waals surface area contributed by atoms with Crippen LogP contribution in [0.25, 0.3) is 6.08 Å². The van der Waals surface area contributed by atoms with Crippen LogP contribution in [-0.2, 0) is 4.79 Å². The zero-order valence-corrected chi connectivity index (χ0v) is 14.8. The molecule has 0 saturated carbocycles. The lowest BCUT2D eigenvalue weighted by molar-refractivity contribution is -0.122. The molecule has 0 unspecified atom stereocenters. The van der Waals surface area contributed by atoms with Gasteiger partial charge in [-0.05, 0) is 56.3 Å². The van der Waals surface area contributed by atoms with E-state index in [-0.39, 0.29) is 5.91 Å². The summed E-state index contributed by atoms with van der Waals surface area (Å²) in [5.74, 6) is 1.36. The molecule has 124 valence electrons. The summed E-state index contributed by atoms with van der Waals surface area (Å²) in [6.45, 7) is 7.68. The minimum atomic E-state index is -0.00141. The van der Waals surface area contributed by atoms with Crippen LogP contribution in [0.2, 0.25) is 0 Å². The summed E-state index contributed by atoms with van der Waals surface area (Å²) in [6.07, 6.45) is 1.87. The van der Waals surface area contributed by atoms with E-state index in [1.165, 1.54) is 11.8 Å². The van der Waals surface area contributed by atoms with Gasteiger partial charge < -0.3 is 9.47 Å². The maximum absolute atomic E-state index is 12.5. The predicted octanol–water partition coefficient (Wildman–Crippen LogP) is 3.41. The lowest BCUT2D eigenvalue weighted by Gasteiger charge is -2.11. The number of benzene rings is 1. The molecule has 2 rings (SSSR count).